The van der Waals surface area contributed by atoms with Gasteiger partial charge in [0.15, 0.2) is 0 Å². The number of anilines is 1. The number of nitrogens with one attached hydrogen (secondary N) is 2. The Kier molecular flexibility index (Phi) is 2.66. The van der Waals surface area contributed by atoms with Gasteiger partial charge >= 0.3 is 0 Å². The number of rotatable bonds is 4. The van der Waals surface area contributed by atoms with Crippen molar-refractivity contribution in [1.29, 1.82) is 0 Å². The Bertz CT molecular complexity index is 404. The van der Waals surface area contributed by atoms with Crippen LogP contribution in [0.4, 0.5) is 5.95 Å². The first kappa shape index (κ1) is 9.70. The Hall–Kier alpha value is -1.85. The van der Waals surface area contributed by atoms with Crippen LogP contribution in [0.15, 0.2) is 18.7 Å². The summed E-state index contributed by atoms with van der Waals surface area (Å²) in [5, 5.41) is 9.90. The maximum absolute atomic E-state index is 4.23. The first-order valence-electron chi connectivity index (χ1n) is 4.94. The van der Waals surface area contributed by atoms with E-state index in [9.17, 15) is 0 Å². The van der Waals surface area contributed by atoms with Gasteiger partial charge in [0.2, 0.25) is 5.95 Å². The van der Waals surface area contributed by atoms with Crippen molar-refractivity contribution in [2.75, 3.05) is 5.32 Å². The molecule has 0 saturated heterocycles. The third-order valence-electron chi connectivity index (χ3n) is 2.25. The van der Waals surface area contributed by atoms with Gasteiger partial charge in [-0.1, -0.05) is 0 Å². The van der Waals surface area contributed by atoms with Crippen LogP contribution in [0.5, 0.6) is 0 Å². The van der Waals surface area contributed by atoms with E-state index in [1.165, 1.54) is 6.33 Å². The van der Waals surface area contributed by atoms with Crippen LogP contribution >= 0.6 is 0 Å². The molecule has 0 aromatic carbocycles. The lowest BCUT2D eigenvalue weighted by Gasteiger charge is -2.12. The summed E-state index contributed by atoms with van der Waals surface area (Å²) in [7, 11) is 0. The number of H-pyrrole nitrogens is 1. The molecular weight excluding hydrogens is 192 g/mol. The summed E-state index contributed by atoms with van der Waals surface area (Å²) in [5.41, 5.74) is 0. The second kappa shape index (κ2) is 4.12. The minimum Gasteiger partial charge on any atom is -0.346 e. The van der Waals surface area contributed by atoms with Crippen molar-refractivity contribution in [1.82, 2.24) is 24.7 Å². The van der Waals surface area contributed by atoms with Gasteiger partial charge in [-0.25, -0.2) is 9.97 Å². The molecule has 0 aliphatic heterocycles. The molecule has 2 aromatic heterocycles. The number of aromatic nitrogens is 5. The minimum absolute atomic E-state index is 0.0696. The van der Waals surface area contributed by atoms with Crippen LogP contribution in [0.25, 0.3) is 0 Å². The molecule has 2 N–H and O–H groups in total. The molecule has 2 rings (SSSR count). The summed E-state index contributed by atoms with van der Waals surface area (Å²) in [6, 6.07) is 0.0696. The van der Waals surface area contributed by atoms with Crippen molar-refractivity contribution in [2.24, 2.45) is 0 Å². The standard InChI is InChI=1S/C9H14N6/c1-3-15-5-4-10-9(15)13-7(2)8-11-6-12-14-8/h4-7H,3H2,1-2H3,(H,10,13)(H,11,12,14). The predicted octanol–water partition coefficient (Wildman–Crippen LogP) is 1.19. The zero-order chi connectivity index (χ0) is 10.7. The van der Waals surface area contributed by atoms with Crippen LogP contribution in [0.1, 0.15) is 25.7 Å². The average molecular weight is 206 g/mol. The van der Waals surface area contributed by atoms with Crippen LogP contribution in [0.3, 0.4) is 0 Å². The molecule has 2 aromatic rings. The number of imidazole rings is 1. The Labute approximate surface area is 87.8 Å². The van der Waals surface area contributed by atoms with Crippen LogP contribution in [0, 0.1) is 0 Å². The van der Waals surface area contributed by atoms with Gasteiger partial charge < -0.3 is 9.88 Å². The first-order chi connectivity index (χ1) is 7.31. The van der Waals surface area contributed by atoms with E-state index in [2.05, 4.69) is 32.4 Å². The number of hydrogen-bond acceptors (Lipinski definition) is 4. The number of aromatic amines is 1. The fourth-order valence-corrected chi connectivity index (χ4v) is 1.39. The van der Waals surface area contributed by atoms with E-state index in [-0.39, 0.29) is 6.04 Å². The molecule has 0 spiro atoms. The van der Waals surface area contributed by atoms with Gasteiger partial charge in [-0.05, 0) is 13.8 Å². The second-order valence-electron chi connectivity index (χ2n) is 3.27. The van der Waals surface area contributed by atoms with E-state index in [0.717, 1.165) is 18.3 Å². The fraction of sp³-hybridized carbons (Fsp3) is 0.444. The monoisotopic (exact) mass is 206 g/mol. The Morgan fingerprint density at radius 2 is 2.40 bits per heavy atom. The SMILES string of the molecule is CCn1ccnc1NC(C)c1ncn[nH]1. The third kappa shape index (κ3) is 1.98. The molecule has 0 aliphatic rings. The van der Waals surface area contributed by atoms with Crippen LogP contribution < -0.4 is 5.32 Å². The van der Waals surface area contributed by atoms with Gasteiger partial charge in [-0.2, -0.15) is 5.10 Å². The Morgan fingerprint density at radius 1 is 1.53 bits per heavy atom. The molecule has 0 aliphatic carbocycles. The topological polar surface area (TPSA) is 71.4 Å². The molecule has 6 nitrogen and oxygen atoms in total. The molecule has 80 valence electrons. The molecule has 0 amide bonds. The summed E-state index contributed by atoms with van der Waals surface area (Å²) in [6.45, 7) is 4.98. The maximum Gasteiger partial charge on any atom is 0.203 e. The van der Waals surface area contributed by atoms with Crippen molar-refractivity contribution in [2.45, 2.75) is 26.4 Å². The van der Waals surface area contributed by atoms with E-state index in [1.807, 2.05) is 17.7 Å². The minimum atomic E-state index is 0.0696. The zero-order valence-electron chi connectivity index (χ0n) is 8.81. The lowest BCUT2D eigenvalue weighted by Crippen LogP contribution is -2.12. The van der Waals surface area contributed by atoms with Gasteiger partial charge in [-0.15, -0.1) is 0 Å². The molecule has 0 radical (unpaired) electrons. The van der Waals surface area contributed by atoms with E-state index in [1.54, 1.807) is 6.20 Å². The first-order valence-corrected chi connectivity index (χ1v) is 4.94. The summed E-state index contributed by atoms with van der Waals surface area (Å²) >= 11 is 0. The summed E-state index contributed by atoms with van der Waals surface area (Å²) < 4.78 is 2.03. The number of hydrogen-bond donors (Lipinski definition) is 2. The van der Waals surface area contributed by atoms with Crippen molar-refractivity contribution in [3.63, 3.8) is 0 Å². The van der Waals surface area contributed by atoms with E-state index in [4.69, 9.17) is 0 Å². The van der Waals surface area contributed by atoms with Crippen molar-refractivity contribution >= 4 is 5.95 Å². The van der Waals surface area contributed by atoms with Gasteiger partial charge in [0.1, 0.15) is 12.2 Å². The fourth-order valence-electron chi connectivity index (χ4n) is 1.39. The smallest absolute Gasteiger partial charge is 0.203 e. The molecule has 1 unspecified atom stereocenters. The van der Waals surface area contributed by atoms with E-state index in [0.29, 0.717) is 0 Å². The van der Waals surface area contributed by atoms with Gasteiger partial charge in [0.05, 0.1) is 6.04 Å². The predicted molar refractivity (Wildman–Crippen MR) is 56.3 cm³/mol. The third-order valence-corrected chi connectivity index (χ3v) is 2.25. The van der Waals surface area contributed by atoms with Gasteiger partial charge in [0, 0.05) is 18.9 Å². The maximum atomic E-state index is 4.23. The largest absolute Gasteiger partial charge is 0.346 e. The highest BCUT2D eigenvalue weighted by Gasteiger charge is 2.10. The number of aryl methyl sites for hydroxylation is 1. The van der Waals surface area contributed by atoms with Crippen LogP contribution in [0.2, 0.25) is 0 Å². The van der Waals surface area contributed by atoms with E-state index >= 15 is 0 Å². The molecule has 0 bridgehead atoms. The van der Waals surface area contributed by atoms with Crippen LogP contribution in [-0.2, 0) is 6.54 Å². The quantitative estimate of drug-likeness (QED) is 0.788. The zero-order valence-corrected chi connectivity index (χ0v) is 8.81. The highest BCUT2D eigenvalue weighted by molar-refractivity contribution is 5.28. The second-order valence-corrected chi connectivity index (χ2v) is 3.27. The van der Waals surface area contributed by atoms with Crippen LogP contribution in [-0.4, -0.2) is 24.7 Å². The highest BCUT2D eigenvalue weighted by atomic mass is 15.2. The summed E-state index contributed by atoms with van der Waals surface area (Å²) in [6.07, 6.45) is 5.22. The molecular formula is C9H14N6. The molecule has 15 heavy (non-hydrogen) atoms. The molecule has 1 atom stereocenters. The molecule has 0 saturated carbocycles. The van der Waals surface area contributed by atoms with Crippen molar-refractivity contribution in [3.8, 4) is 0 Å². The molecule has 2 heterocycles. The molecule has 0 fully saturated rings. The lowest BCUT2D eigenvalue weighted by molar-refractivity contribution is 0.726. The van der Waals surface area contributed by atoms with Crippen molar-refractivity contribution in [3.05, 3.63) is 24.5 Å². The molecule has 6 heteroatoms. The van der Waals surface area contributed by atoms with Gasteiger partial charge in [-0.3, -0.25) is 5.10 Å². The summed E-state index contributed by atoms with van der Waals surface area (Å²) in [4.78, 5) is 8.31. The van der Waals surface area contributed by atoms with Crippen molar-refractivity contribution < 1.29 is 0 Å². The number of nitrogens with zero attached hydrogens (tertiary/aromatic N) is 4. The summed E-state index contributed by atoms with van der Waals surface area (Å²) in [5.74, 6) is 1.65. The van der Waals surface area contributed by atoms with Gasteiger partial charge in [0.25, 0.3) is 0 Å². The highest BCUT2D eigenvalue weighted by Crippen LogP contribution is 2.13. The Morgan fingerprint density at radius 3 is 3.07 bits per heavy atom. The average Bonchev–Trinajstić information content (AvgIpc) is 2.87. The normalized spacial score (nSPS) is 12.7. The Balaban J connectivity index is 2.09. The lowest BCUT2D eigenvalue weighted by atomic mass is 10.3. The van der Waals surface area contributed by atoms with E-state index < -0.39 is 0 Å².